The second-order valence-corrected chi connectivity index (χ2v) is 10.2. The summed E-state index contributed by atoms with van der Waals surface area (Å²) < 4.78 is 7.10. The Bertz CT molecular complexity index is 1610. The molecule has 3 heterocycles. The smallest absolute Gasteiger partial charge is 0.227 e. The molecule has 0 radical (unpaired) electrons. The van der Waals surface area contributed by atoms with Crippen molar-refractivity contribution in [3.8, 4) is 22.4 Å². The minimum atomic E-state index is 0.0246. The first kappa shape index (κ1) is 19.3. The van der Waals surface area contributed by atoms with Crippen LogP contribution in [0.2, 0.25) is 0 Å². The normalized spacial score (nSPS) is 12.2. The minimum Gasteiger partial charge on any atom is -0.446 e. The standard InChI is InChI=1S/C29H23NOS/c1-29(2,3)25-15-19(14-18-8-4-5-9-20(18)25)26-16-23(22-12-13-31-28(22)30-26)24-17-32-27-11-7-6-10-21(24)27/h4-17H,1-3H3. The van der Waals surface area contributed by atoms with Crippen molar-refractivity contribution in [2.75, 3.05) is 0 Å². The summed E-state index contributed by atoms with van der Waals surface area (Å²) in [5.74, 6) is 0. The molecule has 0 aliphatic rings. The van der Waals surface area contributed by atoms with Crippen LogP contribution >= 0.6 is 11.3 Å². The fourth-order valence-corrected chi connectivity index (χ4v) is 5.55. The maximum Gasteiger partial charge on any atom is 0.227 e. The van der Waals surface area contributed by atoms with Crippen LogP contribution < -0.4 is 0 Å². The third-order valence-electron chi connectivity index (χ3n) is 6.17. The molecule has 0 spiro atoms. The summed E-state index contributed by atoms with van der Waals surface area (Å²) in [6.45, 7) is 6.81. The molecular weight excluding hydrogens is 410 g/mol. The number of hydrogen-bond donors (Lipinski definition) is 0. The average Bonchev–Trinajstić information content (AvgIpc) is 3.44. The van der Waals surface area contributed by atoms with Gasteiger partial charge in [0.05, 0.1) is 12.0 Å². The molecule has 3 heteroatoms. The third kappa shape index (κ3) is 3.04. The Labute approximate surface area is 191 Å². The first-order valence-electron chi connectivity index (χ1n) is 10.9. The lowest BCUT2D eigenvalue weighted by Crippen LogP contribution is -2.12. The van der Waals surface area contributed by atoms with E-state index in [-0.39, 0.29) is 5.41 Å². The van der Waals surface area contributed by atoms with Gasteiger partial charge in [-0.25, -0.2) is 4.98 Å². The first-order valence-corrected chi connectivity index (χ1v) is 11.8. The van der Waals surface area contributed by atoms with Crippen LogP contribution in [0.1, 0.15) is 26.3 Å². The summed E-state index contributed by atoms with van der Waals surface area (Å²) in [7, 11) is 0. The Hall–Kier alpha value is -3.43. The van der Waals surface area contributed by atoms with Gasteiger partial charge in [-0.15, -0.1) is 11.3 Å². The summed E-state index contributed by atoms with van der Waals surface area (Å²) in [6, 6.07) is 26.0. The largest absolute Gasteiger partial charge is 0.446 e. The maximum atomic E-state index is 5.81. The van der Waals surface area contributed by atoms with Crippen molar-refractivity contribution in [2.24, 2.45) is 0 Å². The molecule has 0 unspecified atom stereocenters. The van der Waals surface area contributed by atoms with Gasteiger partial charge in [-0.2, -0.15) is 0 Å². The molecule has 0 bridgehead atoms. The molecule has 0 amide bonds. The van der Waals surface area contributed by atoms with Gasteiger partial charge in [0.1, 0.15) is 0 Å². The van der Waals surface area contributed by atoms with Crippen LogP contribution in [0.4, 0.5) is 0 Å². The highest BCUT2D eigenvalue weighted by Gasteiger charge is 2.20. The lowest BCUT2D eigenvalue weighted by molar-refractivity contribution is 0.596. The van der Waals surface area contributed by atoms with Gasteiger partial charge >= 0.3 is 0 Å². The molecule has 0 aliphatic heterocycles. The van der Waals surface area contributed by atoms with Crippen molar-refractivity contribution in [2.45, 2.75) is 26.2 Å². The highest BCUT2D eigenvalue weighted by Crippen LogP contribution is 2.40. The van der Waals surface area contributed by atoms with E-state index in [1.54, 1.807) is 17.6 Å². The van der Waals surface area contributed by atoms with Crippen molar-refractivity contribution >= 4 is 43.3 Å². The zero-order valence-electron chi connectivity index (χ0n) is 18.3. The van der Waals surface area contributed by atoms with Crippen LogP contribution in [0.5, 0.6) is 0 Å². The zero-order valence-corrected chi connectivity index (χ0v) is 19.2. The average molecular weight is 434 g/mol. The van der Waals surface area contributed by atoms with E-state index in [0.717, 1.165) is 16.6 Å². The van der Waals surface area contributed by atoms with Crippen LogP contribution in [0.15, 0.2) is 88.9 Å². The number of nitrogens with zero attached hydrogens (tertiary/aromatic N) is 1. The Morgan fingerprint density at radius 1 is 0.781 bits per heavy atom. The fraction of sp³-hybridized carbons (Fsp3) is 0.138. The number of pyridine rings is 1. The molecule has 0 aliphatic carbocycles. The van der Waals surface area contributed by atoms with Crippen molar-refractivity contribution in [1.82, 2.24) is 4.98 Å². The highest BCUT2D eigenvalue weighted by atomic mass is 32.1. The quantitative estimate of drug-likeness (QED) is 0.273. The molecule has 6 aromatic rings. The molecular formula is C29H23NOS. The SMILES string of the molecule is CC(C)(C)c1cc(-c2cc(-c3csc4ccccc34)c3ccoc3n2)cc2ccccc12. The van der Waals surface area contributed by atoms with E-state index in [1.807, 2.05) is 6.07 Å². The van der Waals surface area contributed by atoms with E-state index in [0.29, 0.717) is 5.71 Å². The van der Waals surface area contributed by atoms with Crippen LogP contribution in [0.3, 0.4) is 0 Å². The summed E-state index contributed by atoms with van der Waals surface area (Å²) in [5.41, 5.74) is 6.49. The molecule has 0 fully saturated rings. The van der Waals surface area contributed by atoms with E-state index >= 15 is 0 Å². The van der Waals surface area contributed by atoms with Crippen molar-refractivity contribution in [3.05, 3.63) is 90.0 Å². The number of benzene rings is 3. The molecule has 6 rings (SSSR count). The molecule has 3 aromatic carbocycles. The van der Waals surface area contributed by atoms with E-state index in [9.17, 15) is 0 Å². The number of hydrogen-bond acceptors (Lipinski definition) is 3. The first-order chi connectivity index (χ1) is 15.5. The fourth-order valence-electron chi connectivity index (χ4n) is 4.59. The second kappa shape index (κ2) is 7.04. The van der Waals surface area contributed by atoms with Crippen molar-refractivity contribution in [1.29, 1.82) is 0 Å². The zero-order chi connectivity index (χ0) is 21.9. The Morgan fingerprint density at radius 2 is 1.56 bits per heavy atom. The summed E-state index contributed by atoms with van der Waals surface area (Å²) in [6.07, 6.45) is 1.74. The minimum absolute atomic E-state index is 0.0246. The topological polar surface area (TPSA) is 26.0 Å². The molecule has 0 atom stereocenters. The van der Waals surface area contributed by atoms with Gasteiger partial charge in [0.2, 0.25) is 5.71 Å². The second-order valence-electron chi connectivity index (χ2n) is 9.33. The predicted octanol–water partition coefficient (Wildman–Crippen LogP) is 8.83. The molecule has 0 saturated heterocycles. The molecule has 2 nitrogen and oxygen atoms in total. The van der Waals surface area contributed by atoms with Crippen molar-refractivity contribution < 1.29 is 4.42 Å². The van der Waals surface area contributed by atoms with E-state index in [4.69, 9.17) is 9.40 Å². The Kier molecular flexibility index (Phi) is 4.24. The van der Waals surface area contributed by atoms with E-state index in [1.165, 1.54) is 37.5 Å². The van der Waals surface area contributed by atoms with Gasteiger partial charge in [-0.1, -0.05) is 63.2 Å². The van der Waals surface area contributed by atoms with Crippen LogP contribution in [-0.2, 0) is 5.41 Å². The third-order valence-corrected chi connectivity index (χ3v) is 7.14. The van der Waals surface area contributed by atoms with E-state index in [2.05, 4.69) is 92.9 Å². The molecule has 156 valence electrons. The summed E-state index contributed by atoms with van der Waals surface area (Å²) in [4.78, 5) is 4.92. The van der Waals surface area contributed by atoms with Gasteiger partial charge in [0.25, 0.3) is 0 Å². The summed E-state index contributed by atoms with van der Waals surface area (Å²) >= 11 is 1.78. The molecule has 0 N–H and O–H groups in total. The maximum absolute atomic E-state index is 5.81. The van der Waals surface area contributed by atoms with Crippen LogP contribution in [0.25, 0.3) is 54.3 Å². The van der Waals surface area contributed by atoms with Crippen LogP contribution in [-0.4, -0.2) is 4.98 Å². The lowest BCUT2D eigenvalue weighted by atomic mass is 9.82. The van der Waals surface area contributed by atoms with Gasteiger partial charge in [0, 0.05) is 26.6 Å². The van der Waals surface area contributed by atoms with Gasteiger partial charge in [-0.3, -0.25) is 0 Å². The number of aromatic nitrogens is 1. The Morgan fingerprint density at radius 3 is 2.41 bits per heavy atom. The molecule has 0 saturated carbocycles. The number of thiophene rings is 1. The van der Waals surface area contributed by atoms with Gasteiger partial charge in [-0.05, 0) is 63.0 Å². The van der Waals surface area contributed by atoms with Crippen LogP contribution in [0, 0.1) is 0 Å². The Balaban J connectivity index is 1.64. The van der Waals surface area contributed by atoms with Gasteiger partial charge in [0.15, 0.2) is 0 Å². The summed E-state index contributed by atoms with van der Waals surface area (Å²) in [5, 5.41) is 7.10. The van der Waals surface area contributed by atoms with Gasteiger partial charge < -0.3 is 4.42 Å². The molecule has 32 heavy (non-hydrogen) atoms. The number of fused-ring (bicyclic) bond motifs is 3. The monoisotopic (exact) mass is 433 g/mol. The lowest BCUT2D eigenvalue weighted by Gasteiger charge is -2.22. The highest BCUT2D eigenvalue weighted by molar-refractivity contribution is 7.17. The predicted molar refractivity (Wildman–Crippen MR) is 136 cm³/mol. The number of rotatable bonds is 2. The van der Waals surface area contributed by atoms with E-state index < -0.39 is 0 Å². The molecule has 3 aromatic heterocycles. The van der Waals surface area contributed by atoms with Crippen molar-refractivity contribution in [3.63, 3.8) is 0 Å². The number of furan rings is 1.